The molecule has 3 N–H and O–H groups in total. The highest BCUT2D eigenvalue weighted by atomic mass is 32.2. The second-order valence-electron chi connectivity index (χ2n) is 4.18. The number of thioether (sulfide) groups is 1. The van der Waals surface area contributed by atoms with Crippen LogP contribution in [0.5, 0.6) is 0 Å². The highest BCUT2D eigenvalue weighted by Crippen LogP contribution is 2.15. The first-order chi connectivity index (χ1) is 10.2. The molecule has 0 bridgehead atoms. The maximum atomic E-state index is 12.7. The summed E-state index contributed by atoms with van der Waals surface area (Å²) in [7, 11) is 0. The van der Waals surface area contributed by atoms with E-state index in [1.54, 1.807) is 12.1 Å². The van der Waals surface area contributed by atoms with E-state index in [0.29, 0.717) is 24.1 Å². The van der Waals surface area contributed by atoms with Gasteiger partial charge in [-0.1, -0.05) is 23.9 Å². The van der Waals surface area contributed by atoms with E-state index in [1.165, 1.54) is 12.1 Å². The summed E-state index contributed by atoms with van der Waals surface area (Å²) in [5.74, 6) is 0.134. The van der Waals surface area contributed by atoms with Crippen molar-refractivity contribution >= 4 is 17.7 Å². The standard InChI is InChI=1S/C13H15FN4O2S/c14-10-3-1-9(2-4-10)5-6-16-11(19)8-21-13-18-17-12(7-15)20-13/h1-4H,5-8,15H2,(H,16,19). The lowest BCUT2D eigenvalue weighted by atomic mass is 10.1. The van der Waals surface area contributed by atoms with E-state index in [4.69, 9.17) is 10.2 Å². The number of nitrogens with zero attached hydrogens (tertiary/aromatic N) is 2. The number of carbonyl (C=O) groups is 1. The van der Waals surface area contributed by atoms with E-state index in [-0.39, 0.29) is 24.0 Å². The predicted molar refractivity (Wildman–Crippen MR) is 76.0 cm³/mol. The van der Waals surface area contributed by atoms with Crippen molar-refractivity contribution in [3.63, 3.8) is 0 Å². The molecule has 1 aromatic carbocycles. The van der Waals surface area contributed by atoms with Crippen molar-refractivity contribution in [2.45, 2.75) is 18.2 Å². The third kappa shape index (κ3) is 5.16. The van der Waals surface area contributed by atoms with E-state index < -0.39 is 0 Å². The smallest absolute Gasteiger partial charge is 0.277 e. The maximum Gasteiger partial charge on any atom is 0.277 e. The SMILES string of the molecule is NCc1nnc(SCC(=O)NCCc2ccc(F)cc2)o1. The molecule has 0 aliphatic carbocycles. The first-order valence-corrected chi connectivity index (χ1v) is 7.32. The number of hydrogen-bond donors (Lipinski definition) is 2. The van der Waals surface area contributed by atoms with Crippen molar-refractivity contribution in [1.82, 2.24) is 15.5 Å². The first-order valence-electron chi connectivity index (χ1n) is 6.34. The third-order valence-electron chi connectivity index (χ3n) is 2.60. The summed E-state index contributed by atoms with van der Waals surface area (Å²) in [6, 6.07) is 6.20. The van der Waals surface area contributed by atoms with Gasteiger partial charge in [-0.3, -0.25) is 4.79 Å². The van der Waals surface area contributed by atoms with Crippen LogP contribution in [0.2, 0.25) is 0 Å². The van der Waals surface area contributed by atoms with Gasteiger partial charge in [-0.2, -0.15) is 0 Å². The molecule has 6 nitrogen and oxygen atoms in total. The molecular weight excluding hydrogens is 295 g/mol. The van der Waals surface area contributed by atoms with Crippen LogP contribution >= 0.6 is 11.8 Å². The molecule has 0 radical (unpaired) electrons. The minimum Gasteiger partial charge on any atom is -0.415 e. The predicted octanol–water partition coefficient (Wildman–Crippen LogP) is 1.12. The van der Waals surface area contributed by atoms with Crippen LogP contribution in [0.4, 0.5) is 4.39 Å². The number of rotatable bonds is 7. The van der Waals surface area contributed by atoms with Gasteiger partial charge in [0.05, 0.1) is 12.3 Å². The highest BCUT2D eigenvalue weighted by Gasteiger charge is 2.08. The van der Waals surface area contributed by atoms with Crippen molar-refractivity contribution < 1.29 is 13.6 Å². The summed E-state index contributed by atoms with van der Waals surface area (Å²) in [6.07, 6.45) is 0.647. The fraction of sp³-hybridized carbons (Fsp3) is 0.308. The van der Waals surface area contributed by atoms with Gasteiger partial charge < -0.3 is 15.5 Å². The van der Waals surface area contributed by atoms with Gasteiger partial charge in [0.25, 0.3) is 5.22 Å². The Hall–Kier alpha value is -1.93. The van der Waals surface area contributed by atoms with Crippen LogP contribution in [0.3, 0.4) is 0 Å². The molecule has 1 amide bonds. The molecule has 0 saturated heterocycles. The normalized spacial score (nSPS) is 10.6. The van der Waals surface area contributed by atoms with Gasteiger partial charge >= 0.3 is 0 Å². The molecule has 0 unspecified atom stereocenters. The van der Waals surface area contributed by atoms with Gasteiger partial charge in [0.2, 0.25) is 11.8 Å². The monoisotopic (exact) mass is 310 g/mol. The topological polar surface area (TPSA) is 94.0 Å². The van der Waals surface area contributed by atoms with E-state index in [2.05, 4.69) is 15.5 Å². The Bertz CT molecular complexity index is 588. The average Bonchev–Trinajstić information content (AvgIpc) is 2.95. The van der Waals surface area contributed by atoms with Crippen LogP contribution in [0.1, 0.15) is 11.5 Å². The van der Waals surface area contributed by atoms with Crippen molar-refractivity contribution in [2.24, 2.45) is 5.73 Å². The zero-order valence-electron chi connectivity index (χ0n) is 11.2. The average molecular weight is 310 g/mol. The molecule has 8 heteroatoms. The Morgan fingerprint density at radius 3 is 2.76 bits per heavy atom. The molecule has 1 heterocycles. The lowest BCUT2D eigenvalue weighted by Gasteiger charge is -2.04. The molecule has 0 aliphatic heterocycles. The number of carbonyl (C=O) groups excluding carboxylic acids is 1. The second-order valence-corrected chi connectivity index (χ2v) is 5.11. The summed E-state index contributed by atoms with van der Waals surface area (Å²) in [4.78, 5) is 11.6. The van der Waals surface area contributed by atoms with Crippen molar-refractivity contribution in [3.05, 3.63) is 41.5 Å². The highest BCUT2D eigenvalue weighted by molar-refractivity contribution is 7.99. The summed E-state index contributed by atoms with van der Waals surface area (Å²) in [5, 5.41) is 10.5. The molecule has 0 spiro atoms. The van der Waals surface area contributed by atoms with E-state index in [0.717, 1.165) is 17.3 Å². The van der Waals surface area contributed by atoms with Crippen LogP contribution in [-0.4, -0.2) is 28.4 Å². The second kappa shape index (κ2) is 7.75. The van der Waals surface area contributed by atoms with Crippen LogP contribution < -0.4 is 11.1 Å². The van der Waals surface area contributed by atoms with Gasteiger partial charge in [-0.25, -0.2) is 4.39 Å². The minimum absolute atomic E-state index is 0.130. The fourth-order valence-electron chi connectivity index (χ4n) is 1.55. The van der Waals surface area contributed by atoms with Crippen molar-refractivity contribution in [3.8, 4) is 0 Å². The molecule has 112 valence electrons. The van der Waals surface area contributed by atoms with Gasteiger partial charge in [0.15, 0.2) is 0 Å². The Morgan fingerprint density at radius 2 is 2.10 bits per heavy atom. The van der Waals surface area contributed by atoms with E-state index in [9.17, 15) is 9.18 Å². The molecule has 0 saturated carbocycles. The number of aromatic nitrogens is 2. The van der Waals surface area contributed by atoms with Crippen LogP contribution in [-0.2, 0) is 17.8 Å². The molecule has 0 atom stereocenters. The van der Waals surface area contributed by atoms with Crippen LogP contribution in [0, 0.1) is 5.82 Å². The summed E-state index contributed by atoms with van der Waals surface area (Å²) < 4.78 is 17.9. The fourth-order valence-corrected chi connectivity index (χ4v) is 2.16. The number of nitrogens with two attached hydrogens (primary N) is 1. The van der Waals surface area contributed by atoms with Gasteiger partial charge in [0.1, 0.15) is 5.82 Å². The molecule has 0 fully saturated rings. The molecule has 2 rings (SSSR count). The molecule has 1 aromatic heterocycles. The summed E-state index contributed by atoms with van der Waals surface area (Å²) in [6.45, 7) is 0.667. The molecule has 0 aliphatic rings. The van der Waals surface area contributed by atoms with Crippen LogP contribution in [0.25, 0.3) is 0 Å². The van der Waals surface area contributed by atoms with E-state index in [1.807, 2.05) is 0 Å². The Labute approximate surface area is 125 Å². The summed E-state index contributed by atoms with van der Waals surface area (Å²) >= 11 is 1.16. The van der Waals surface area contributed by atoms with Crippen LogP contribution in [0.15, 0.2) is 33.9 Å². The first kappa shape index (κ1) is 15.5. The number of nitrogens with one attached hydrogen (secondary N) is 1. The quantitative estimate of drug-likeness (QED) is 0.744. The largest absolute Gasteiger partial charge is 0.415 e. The number of amides is 1. The minimum atomic E-state index is -0.268. The third-order valence-corrected chi connectivity index (χ3v) is 3.42. The number of benzene rings is 1. The Morgan fingerprint density at radius 1 is 1.33 bits per heavy atom. The zero-order valence-corrected chi connectivity index (χ0v) is 12.0. The number of hydrogen-bond acceptors (Lipinski definition) is 6. The van der Waals surface area contributed by atoms with Gasteiger partial charge in [0, 0.05) is 6.54 Å². The Balaban J connectivity index is 1.66. The lowest BCUT2D eigenvalue weighted by Crippen LogP contribution is -2.27. The van der Waals surface area contributed by atoms with Crippen molar-refractivity contribution in [2.75, 3.05) is 12.3 Å². The van der Waals surface area contributed by atoms with Crippen molar-refractivity contribution in [1.29, 1.82) is 0 Å². The zero-order chi connectivity index (χ0) is 15.1. The Kier molecular flexibility index (Phi) is 5.70. The van der Waals surface area contributed by atoms with E-state index >= 15 is 0 Å². The van der Waals surface area contributed by atoms with Gasteiger partial charge in [-0.05, 0) is 24.1 Å². The number of halogens is 1. The van der Waals surface area contributed by atoms with Gasteiger partial charge in [-0.15, -0.1) is 10.2 Å². The maximum absolute atomic E-state index is 12.7. The molecule has 21 heavy (non-hydrogen) atoms. The molecular formula is C13H15FN4O2S. The summed E-state index contributed by atoms with van der Waals surface area (Å²) in [5.41, 5.74) is 6.31. The lowest BCUT2D eigenvalue weighted by molar-refractivity contribution is -0.118. The molecule has 2 aromatic rings.